The van der Waals surface area contributed by atoms with E-state index < -0.39 is 5.60 Å². The minimum atomic E-state index is -0.953. The molecule has 1 aliphatic heterocycles. The fourth-order valence-electron chi connectivity index (χ4n) is 4.33. The number of aliphatic hydroxyl groups is 1. The molecule has 1 fully saturated rings. The Hall–Kier alpha value is -1.71. The van der Waals surface area contributed by atoms with E-state index in [-0.39, 0.29) is 5.92 Å². The van der Waals surface area contributed by atoms with Crippen molar-refractivity contribution in [3.05, 3.63) is 65.0 Å². The zero-order valence-corrected chi connectivity index (χ0v) is 13.7. The van der Waals surface area contributed by atoms with E-state index in [9.17, 15) is 5.11 Å². The number of benzene rings is 1. The molecule has 0 spiro atoms. The molecule has 2 aromatic rings. The first-order valence-electron chi connectivity index (χ1n) is 8.63. The Labute approximate surface area is 138 Å². The van der Waals surface area contributed by atoms with Gasteiger partial charge in [0, 0.05) is 12.1 Å². The Morgan fingerprint density at radius 3 is 2.57 bits per heavy atom. The van der Waals surface area contributed by atoms with E-state index in [0.717, 1.165) is 50.0 Å². The maximum Gasteiger partial charge on any atom is 0.135 e. The molecular weight excluding hydrogens is 284 g/mol. The van der Waals surface area contributed by atoms with Crippen LogP contribution in [-0.2, 0) is 18.4 Å². The van der Waals surface area contributed by atoms with Crippen LogP contribution in [0.3, 0.4) is 0 Å². The van der Waals surface area contributed by atoms with E-state index in [1.54, 1.807) is 0 Å². The van der Waals surface area contributed by atoms with E-state index in [0.29, 0.717) is 0 Å². The number of fused-ring (bicyclic) bond motifs is 2. The molecule has 1 aromatic carbocycles. The normalized spacial score (nSPS) is 25.5. The summed E-state index contributed by atoms with van der Waals surface area (Å²) in [5.41, 5.74) is 3.48. The fourth-order valence-corrected chi connectivity index (χ4v) is 4.33. The SMILES string of the molecule is CN1CCC(C2(O)c3ccccc3CCc3cccnc32)CC1. The van der Waals surface area contributed by atoms with Crippen molar-refractivity contribution in [1.29, 1.82) is 0 Å². The molecule has 2 heterocycles. The number of rotatable bonds is 1. The van der Waals surface area contributed by atoms with E-state index in [1.165, 1.54) is 11.1 Å². The fraction of sp³-hybridized carbons (Fsp3) is 0.450. The van der Waals surface area contributed by atoms with E-state index in [1.807, 2.05) is 18.3 Å². The minimum absolute atomic E-state index is 0.228. The number of likely N-dealkylation sites (tertiary alicyclic amines) is 1. The monoisotopic (exact) mass is 308 g/mol. The summed E-state index contributed by atoms with van der Waals surface area (Å²) in [6, 6.07) is 12.5. The van der Waals surface area contributed by atoms with Gasteiger partial charge in [-0.15, -0.1) is 0 Å². The average Bonchev–Trinajstić information content (AvgIpc) is 2.72. The van der Waals surface area contributed by atoms with Gasteiger partial charge in [-0.2, -0.15) is 0 Å². The summed E-state index contributed by atoms with van der Waals surface area (Å²) in [6.07, 6.45) is 5.78. The molecule has 1 atom stereocenters. The zero-order valence-electron chi connectivity index (χ0n) is 13.7. The Kier molecular flexibility index (Phi) is 3.70. The van der Waals surface area contributed by atoms with Crippen molar-refractivity contribution >= 4 is 0 Å². The number of nitrogens with zero attached hydrogens (tertiary/aromatic N) is 2. The summed E-state index contributed by atoms with van der Waals surface area (Å²) < 4.78 is 0. The molecule has 1 aromatic heterocycles. The van der Waals surface area contributed by atoms with Crippen molar-refractivity contribution in [1.82, 2.24) is 9.88 Å². The summed E-state index contributed by atoms with van der Waals surface area (Å²) in [6.45, 7) is 2.08. The molecule has 3 heteroatoms. The summed E-state index contributed by atoms with van der Waals surface area (Å²) in [4.78, 5) is 7.01. The average molecular weight is 308 g/mol. The van der Waals surface area contributed by atoms with Gasteiger partial charge < -0.3 is 10.0 Å². The topological polar surface area (TPSA) is 36.4 Å². The second-order valence-electron chi connectivity index (χ2n) is 7.01. The molecule has 0 radical (unpaired) electrons. The van der Waals surface area contributed by atoms with Crippen molar-refractivity contribution in [3.8, 4) is 0 Å². The highest BCUT2D eigenvalue weighted by Gasteiger charge is 2.45. The molecule has 23 heavy (non-hydrogen) atoms. The van der Waals surface area contributed by atoms with Gasteiger partial charge >= 0.3 is 0 Å². The van der Waals surface area contributed by atoms with Crippen LogP contribution in [0.5, 0.6) is 0 Å². The predicted molar refractivity (Wildman–Crippen MR) is 91.3 cm³/mol. The van der Waals surface area contributed by atoms with Crippen molar-refractivity contribution in [2.24, 2.45) is 5.92 Å². The lowest BCUT2D eigenvalue weighted by atomic mass is 9.72. The highest BCUT2D eigenvalue weighted by atomic mass is 16.3. The number of pyridine rings is 1. The molecule has 1 saturated heterocycles. The van der Waals surface area contributed by atoms with Crippen LogP contribution in [-0.4, -0.2) is 35.1 Å². The lowest BCUT2D eigenvalue weighted by Crippen LogP contribution is -2.44. The molecule has 0 saturated carbocycles. The second-order valence-corrected chi connectivity index (χ2v) is 7.01. The van der Waals surface area contributed by atoms with E-state index in [4.69, 9.17) is 0 Å². The summed E-state index contributed by atoms with van der Waals surface area (Å²) in [5, 5.41) is 12.0. The summed E-state index contributed by atoms with van der Waals surface area (Å²) >= 11 is 0. The molecule has 120 valence electrons. The van der Waals surface area contributed by atoms with Crippen molar-refractivity contribution < 1.29 is 5.11 Å². The number of aromatic nitrogens is 1. The smallest absolute Gasteiger partial charge is 0.135 e. The lowest BCUT2D eigenvalue weighted by molar-refractivity contribution is -0.0148. The van der Waals surface area contributed by atoms with Gasteiger partial charge in [0.05, 0.1) is 5.69 Å². The molecule has 1 unspecified atom stereocenters. The number of piperidine rings is 1. The quantitative estimate of drug-likeness (QED) is 0.880. The van der Waals surface area contributed by atoms with Crippen molar-refractivity contribution in [2.75, 3.05) is 20.1 Å². The van der Waals surface area contributed by atoms with Gasteiger partial charge in [-0.1, -0.05) is 30.3 Å². The molecule has 1 aliphatic carbocycles. The van der Waals surface area contributed by atoms with Gasteiger partial charge in [0.1, 0.15) is 5.60 Å². The Balaban J connectivity index is 1.89. The standard InChI is InChI=1S/C20H24N2O/c1-22-13-10-17(11-14-22)20(23)18-7-3-2-5-15(18)8-9-16-6-4-12-21-19(16)20/h2-7,12,17,23H,8-11,13-14H2,1H3. The third-order valence-electron chi connectivity index (χ3n) is 5.65. The van der Waals surface area contributed by atoms with Crippen LogP contribution in [0.4, 0.5) is 0 Å². The molecule has 3 nitrogen and oxygen atoms in total. The van der Waals surface area contributed by atoms with E-state index >= 15 is 0 Å². The maximum atomic E-state index is 12.0. The van der Waals surface area contributed by atoms with Crippen LogP contribution in [0.1, 0.15) is 35.2 Å². The first-order chi connectivity index (χ1) is 11.2. The van der Waals surface area contributed by atoms with Gasteiger partial charge in [0.15, 0.2) is 0 Å². The minimum Gasteiger partial charge on any atom is -0.378 e. The largest absolute Gasteiger partial charge is 0.378 e. The Bertz CT molecular complexity index is 657. The molecule has 0 amide bonds. The molecule has 2 aliphatic rings. The van der Waals surface area contributed by atoms with Crippen molar-refractivity contribution in [2.45, 2.75) is 31.3 Å². The highest BCUT2D eigenvalue weighted by molar-refractivity contribution is 5.45. The lowest BCUT2D eigenvalue weighted by Gasteiger charge is -2.41. The second kappa shape index (κ2) is 5.73. The first-order valence-corrected chi connectivity index (χ1v) is 8.63. The van der Waals surface area contributed by atoms with Crippen LogP contribution in [0.15, 0.2) is 42.6 Å². The van der Waals surface area contributed by atoms with Gasteiger partial charge in [-0.3, -0.25) is 4.98 Å². The van der Waals surface area contributed by atoms with Gasteiger partial charge in [0.25, 0.3) is 0 Å². The van der Waals surface area contributed by atoms with Gasteiger partial charge in [0.2, 0.25) is 0 Å². The van der Waals surface area contributed by atoms with Crippen LogP contribution in [0.25, 0.3) is 0 Å². The molecule has 0 bridgehead atoms. The molecule has 1 N–H and O–H groups in total. The first kappa shape index (κ1) is 14.9. The molecular formula is C20H24N2O. The van der Waals surface area contributed by atoms with Gasteiger partial charge in [-0.05, 0) is 68.6 Å². The summed E-state index contributed by atoms with van der Waals surface area (Å²) in [7, 11) is 2.16. The third kappa shape index (κ3) is 2.39. The predicted octanol–water partition coefficient (Wildman–Crippen LogP) is 2.76. The van der Waals surface area contributed by atoms with Crippen LogP contribution >= 0.6 is 0 Å². The number of aryl methyl sites for hydroxylation is 2. The number of hydrogen-bond acceptors (Lipinski definition) is 3. The van der Waals surface area contributed by atoms with Crippen molar-refractivity contribution in [3.63, 3.8) is 0 Å². The molecule has 4 rings (SSSR count). The highest BCUT2D eigenvalue weighted by Crippen LogP contribution is 2.45. The number of hydrogen-bond donors (Lipinski definition) is 1. The van der Waals surface area contributed by atoms with Crippen LogP contribution < -0.4 is 0 Å². The van der Waals surface area contributed by atoms with E-state index in [2.05, 4.69) is 41.2 Å². The Morgan fingerprint density at radius 1 is 1.04 bits per heavy atom. The van der Waals surface area contributed by atoms with Crippen LogP contribution in [0, 0.1) is 5.92 Å². The summed E-state index contributed by atoms with van der Waals surface area (Å²) in [5.74, 6) is 0.228. The van der Waals surface area contributed by atoms with Gasteiger partial charge in [-0.25, -0.2) is 0 Å². The maximum absolute atomic E-state index is 12.0. The third-order valence-corrected chi connectivity index (χ3v) is 5.65. The van der Waals surface area contributed by atoms with Crippen LogP contribution in [0.2, 0.25) is 0 Å². The Morgan fingerprint density at radius 2 is 1.74 bits per heavy atom. The zero-order chi connectivity index (χ0) is 15.9.